The highest BCUT2D eigenvalue weighted by Crippen LogP contribution is 2.38. The minimum Gasteiger partial charge on any atom is -0.330 e. The van der Waals surface area contributed by atoms with Crippen LogP contribution in [-0.4, -0.2) is 30.0 Å². The number of hydrogen-bond donors (Lipinski definition) is 1. The summed E-state index contributed by atoms with van der Waals surface area (Å²) in [5.74, 6) is 1.11. The van der Waals surface area contributed by atoms with Crippen LogP contribution < -0.4 is 5.73 Å². The largest absolute Gasteiger partial charge is 0.330 e. The van der Waals surface area contributed by atoms with Gasteiger partial charge < -0.3 is 5.73 Å². The number of aromatic nitrogens is 1. The molecule has 3 nitrogen and oxygen atoms in total. The molecular weight excluding hydrogens is 266 g/mol. The fourth-order valence-electron chi connectivity index (χ4n) is 3.14. The summed E-state index contributed by atoms with van der Waals surface area (Å²) in [4.78, 5) is 7.33. The minimum atomic E-state index is 0.467. The zero-order valence-corrected chi connectivity index (χ0v) is 13.3. The second-order valence-electron chi connectivity index (χ2n) is 6.19. The summed E-state index contributed by atoms with van der Waals surface area (Å²) in [7, 11) is 2.20. The first kappa shape index (κ1) is 14.0. The van der Waals surface area contributed by atoms with Crippen LogP contribution in [0.1, 0.15) is 42.8 Å². The van der Waals surface area contributed by atoms with Gasteiger partial charge in [0, 0.05) is 18.5 Å². The van der Waals surface area contributed by atoms with Gasteiger partial charge >= 0.3 is 0 Å². The third-order valence-corrected chi connectivity index (χ3v) is 5.61. The van der Waals surface area contributed by atoms with Gasteiger partial charge in [0.25, 0.3) is 0 Å². The summed E-state index contributed by atoms with van der Waals surface area (Å²) >= 11 is 1.83. The number of nitrogens with two attached hydrogens (primary N) is 1. The van der Waals surface area contributed by atoms with Gasteiger partial charge in [0.05, 0.1) is 15.2 Å². The zero-order valence-electron chi connectivity index (χ0n) is 12.5. The molecule has 0 spiro atoms. The molecule has 1 fully saturated rings. The van der Waals surface area contributed by atoms with Crippen molar-refractivity contribution in [1.82, 2.24) is 9.88 Å². The fraction of sp³-hybridized carbons (Fsp3) is 0.562. The number of fused-ring (bicyclic) bond motifs is 1. The number of thiazole rings is 1. The Balaban J connectivity index is 2.03. The predicted octanol–water partition coefficient (Wildman–Crippen LogP) is 3.37. The zero-order chi connectivity index (χ0) is 14.3. The average molecular weight is 289 g/mol. The molecule has 2 N–H and O–H groups in total. The molecule has 3 rings (SSSR count). The number of benzene rings is 1. The molecule has 1 aliphatic rings. The Labute approximate surface area is 124 Å². The Kier molecular flexibility index (Phi) is 3.80. The lowest BCUT2D eigenvalue weighted by molar-refractivity contribution is 0.315. The molecule has 4 heteroatoms. The lowest BCUT2D eigenvalue weighted by atomic mass is 9.99. The molecule has 1 aromatic carbocycles. The van der Waals surface area contributed by atoms with E-state index < -0.39 is 0 Å². The summed E-state index contributed by atoms with van der Waals surface area (Å²) in [6.45, 7) is 6.30. The molecule has 108 valence electrons. The number of likely N-dealkylation sites (tertiary alicyclic amines) is 1. The molecule has 0 amide bonds. The molecule has 2 heterocycles. The van der Waals surface area contributed by atoms with Gasteiger partial charge in [-0.05, 0) is 37.6 Å². The Morgan fingerprint density at radius 2 is 2.25 bits per heavy atom. The first-order valence-corrected chi connectivity index (χ1v) is 8.21. The lowest BCUT2D eigenvalue weighted by Gasteiger charge is -2.19. The maximum atomic E-state index is 5.85. The van der Waals surface area contributed by atoms with Crippen molar-refractivity contribution in [2.24, 2.45) is 11.7 Å². The van der Waals surface area contributed by atoms with E-state index in [4.69, 9.17) is 10.7 Å². The van der Waals surface area contributed by atoms with Crippen molar-refractivity contribution in [3.05, 3.63) is 28.8 Å². The summed E-state index contributed by atoms with van der Waals surface area (Å²) in [5, 5.41) is 1.24. The highest BCUT2D eigenvalue weighted by atomic mass is 32.1. The van der Waals surface area contributed by atoms with Crippen LogP contribution in [0, 0.1) is 5.92 Å². The maximum Gasteiger partial charge on any atom is 0.0964 e. The van der Waals surface area contributed by atoms with Crippen molar-refractivity contribution in [1.29, 1.82) is 0 Å². The third-order valence-electron chi connectivity index (χ3n) is 4.29. The van der Waals surface area contributed by atoms with E-state index in [1.165, 1.54) is 20.8 Å². The van der Waals surface area contributed by atoms with Gasteiger partial charge in [0.2, 0.25) is 0 Å². The van der Waals surface area contributed by atoms with Crippen LogP contribution in [0.2, 0.25) is 0 Å². The van der Waals surface area contributed by atoms with E-state index in [1.807, 2.05) is 11.3 Å². The Morgan fingerprint density at radius 1 is 1.45 bits per heavy atom. The van der Waals surface area contributed by atoms with Gasteiger partial charge in [0.1, 0.15) is 0 Å². The van der Waals surface area contributed by atoms with Gasteiger partial charge in [-0.15, -0.1) is 11.3 Å². The van der Waals surface area contributed by atoms with Crippen molar-refractivity contribution >= 4 is 21.6 Å². The lowest BCUT2D eigenvalue weighted by Crippen LogP contribution is -2.20. The highest BCUT2D eigenvalue weighted by molar-refractivity contribution is 7.18. The van der Waals surface area contributed by atoms with Gasteiger partial charge in [-0.2, -0.15) is 0 Å². The molecule has 2 unspecified atom stereocenters. The summed E-state index contributed by atoms with van der Waals surface area (Å²) in [5.41, 5.74) is 8.44. The minimum absolute atomic E-state index is 0.467. The normalized spacial score (nSPS) is 24.1. The smallest absolute Gasteiger partial charge is 0.0964 e. The summed E-state index contributed by atoms with van der Waals surface area (Å²) in [6, 6.07) is 7.07. The molecule has 1 saturated heterocycles. The molecule has 0 saturated carbocycles. The van der Waals surface area contributed by atoms with Gasteiger partial charge in [-0.3, -0.25) is 4.90 Å². The topological polar surface area (TPSA) is 42.1 Å². The highest BCUT2D eigenvalue weighted by Gasteiger charge is 2.31. The molecule has 20 heavy (non-hydrogen) atoms. The number of hydrogen-bond acceptors (Lipinski definition) is 4. The fourth-order valence-corrected chi connectivity index (χ4v) is 4.15. The SMILES string of the molecule is CC(C)c1nc2c(C3CC(CN)CN3C)cccc2s1. The molecule has 2 aromatic rings. The molecule has 2 atom stereocenters. The molecule has 1 aromatic heterocycles. The van der Waals surface area contributed by atoms with Crippen LogP contribution in [0.4, 0.5) is 0 Å². The van der Waals surface area contributed by atoms with Crippen molar-refractivity contribution in [2.75, 3.05) is 20.1 Å². The Bertz CT molecular complexity index is 605. The van der Waals surface area contributed by atoms with Gasteiger partial charge in [0.15, 0.2) is 0 Å². The average Bonchev–Trinajstić information content (AvgIpc) is 3.01. The maximum absolute atomic E-state index is 5.85. The van der Waals surface area contributed by atoms with Gasteiger partial charge in [-0.25, -0.2) is 4.98 Å². The van der Waals surface area contributed by atoms with E-state index >= 15 is 0 Å². The van der Waals surface area contributed by atoms with Crippen LogP contribution in [0.15, 0.2) is 18.2 Å². The van der Waals surface area contributed by atoms with Crippen LogP contribution in [0.5, 0.6) is 0 Å². The molecule has 0 bridgehead atoms. The predicted molar refractivity (Wildman–Crippen MR) is 86.2 cm³/mol. The third kappa shape index (κ3) is 2.36. The second kappa shape index (κ2) is 5.43. The van der Waals surface area contributed by atoms with E-state index in [1.54, 1.807) is 0 Å². The van der Waals surface area contributed by atoms with E-state index in [9.17, 15) is 0 Å². The second-order valence-corrected chi connectivity index (χ2v) is 7.26. The van der Waals surface area contributed by atoms with E-state index in [2.05, 4.69) is 44.0 Å². The van der Waals surface area contributed by atoms with Gasteiger partial charge in [-0.1, -0.05) is 26.0 Å². The summed E-state index contributed by atoms with van der Waals surface area (Å²) < 4.78 is 1.32. The molecular formula is C16H23N3S. The Morgan fingerprint density at radius 3 is 2.90 bits per heavy atom. The molecule has 1 aliphatic heterocycles. The van der Waals surface area contributed by atoms with Crippen molar-refractivity contribution in [2.45, 2.75) is 32.2 Å². The first-order valence-electron chi connectivity index (χ1n) is 7.39. The Hall–Kier alpha value is -0.970. The first-order chi connectivity index (χ1) is 9.60. The van der Waals surface area contributed by atoms with E-state index in [-0.39, 0.29) is 0 Å². The van der Waals surface area contributed by atoms with Crippen molar-refractivity contribution in [3.8, 4) is 0 Å². The molecule has 0 aliphatic carbocycles. The number of rotatable bonds is 3. The summed E-state index contributed by atoms with van der Waals surface area (Å²) in [6.07, 6.45) is 1.15. The standard InChI is InChI=1S/C16H23N3S/c1-10(2)16-18-15-12(5-4-6-14(15)20-16)13-7-11(8-17)9-19(13)3/h4-6,10-11,13H,7-9,17H2,1-3H3. The van der Waals surface area contributed by atoms with E-state index in [0.29, 0.717) is 17.9 Å². The van der Waals surface area contributed by atoms with Crippen LogP contribution in [-0.2, 0) is 0 Å². The van der Waals surface area contributed by atoms with Crippen molar-refractivity contribution < 1.29 is 0 Å². The van der Waals surface area contributed by atoms with Crippen LogP contribution in [0.3, 0.4) is 0 Å². The van der Waals surface area contributed by atoms with Crippen LogP contribution >= 0.6 is 11.3 Å². The van der Waals surface area contributed by atoms with Crippen LogP contribution in [0.25, 0.3) is 10.2 Å². The number of para-hydroxylation sites is 1. The monoisotopic (exact) mass is 289 g/mol. The van der Waals surface area contributed by atoms with Crippen molar-refractivity contribution in [3.63, 3.8) is 0 Å². The van der Waals surface area contributed by atoms with E-state index in [0.717, 1.165) is 19.5 Å². The quantitative estimate of drug-likeness (QED) is 0.942. The number of nitrogens with zero attached hydrogens (tertiary/aromatic N) is 2. The molecule has 0 radical (unpaired) electrons.